The van der Waals surface area contributed by atoms with Gasteiger partial charge in [0.05, 0.1) is 0 Å². The summed E-state index contributed by atoms with van der Waals surface area (Å²) in [6, 6.07) is 7.76. The van der Waals surface area contributed by atoms with E-state index in [-0.39, 0.29) is 6.04 Å². The van der Waals surface area contributed by atoms with Crippen LogP contribution >= 0.6 is 0 Å². The van der Waals surface area contributed by atoms with Crippen molar-refractivity contribution >= 4 is 5.69 Å². The lowest BCUT2D eigenvalue weighted by molar-refractivity contribution is 0.248. The summed E-state index contributed by atoms with van der Waals surface area (Å²) in [5, 5.41) is 0. The molecule has 1 saturated heterocycles. The first kappa shape index (κ1) is 16.3. The Hall–Kier alpha value is -1.06. The molecule has 0 aliphatic carbocycles. The third-order valence-corrected chi connectivity index (χ3v) is 4.89. The summed E-state index contributed by atoms with van der Waals surface area (Å²) in [7, 11) is 4.45. The van der Waals surface area contributed by atoms with Gasteiger partial charge in [0.15, 0.2) is 0 Å². The molecule has 0 aromatic heterocycles. The average molecular weight is 289 g/mol. The number of nitrogens with zero attached hydrogens (tertiary/aromatic N) is 2. The van der Waals surface area contributed by atoms with Crippen molar-refractivity contribution in [3.63, 3.8) is 0 Å². The summed E-state index contributed by atoms with van der Waals surface area (Å²) >= 11 is 0. The second kappa shape index (κ2) is 7.28. The molecule has 1 fully saturated rings. The van der Waals surface area contributed by atoms with Gasteiger partial charge in [0.2, 0.25) is 0 Å². The Balaban J connectivity index is 2.08. The van der Waals surface area contributed by atoms with E-state index in [1.807, 2.05) is 0 Å². The van der Waals surface area contributed by atoms with Crippen LogP contribution in [0.5, 0.6) is 0 Å². The van der Waals surface area contributed by atoms with Gasteiger partial charge in [-0.2, -0.15) is 0 Å². The van der Waals surface area contributed by atoms with E-state index >= 15 is 0 Å². The van der Waals surface area contributed by atoms with E-state index in [0.717, 1.165) is 19.4 Å². The van der Waals surface area contributed by atoms with Crippen molar-refractivity contribution in [3.8, 4) is 0 Å². The zero-order chi connectivity index (χ0) is 15.4. The van der Waals surface area contributed by atoms with Crippen LogP contribution in [0.4, 0.5) is 5.69 Å². The zero-order valence-corrected chi connectivity index (χ0v) is 14.1. The molecule has 2 atom stereocenters. The van der Waals surface area contributed by atoms with Crippen LogP contribution in [0.25, 0.3) is 0 Å². The van der Waals surface area contributed by atoms with Gasteiger partial charge >= 0.3 is 0 Å². The molecule has 1 heterocycles. The van der Waals surface area contributed by atoms with Crippen LogP contribution in [-0.2, 0) is 6.42 Å². The van der Waals surface area contributed by atoms with Crippen LogP contribution in [0.15, 0.2) is 18.2 Å². The summed E-state index contributed by atoms with van der Waals surface area (Å²) in [5.41, 5.74) is 10.2. The van der Waals surface area contributed by atoms with Crippen molar-refractivity contribution in [2.75, 3.05) is 32.1 Å². The minimum Gasteiger partial charge on any atom is -0.370 e. The number of likely N-dealkylation sites (tertiary alicyclic amines) is 1. The quantitative estimate of drug-likeness (QED) is 0.904. The number of hydrogen-bond acceptors (Lipinski definition) is 3. The van der Waals surface area contributed by atoms with Gasteiger partial charge in [0, 0.05) is 31.4 Å². The molecule has 1 aliphatic rings. The van der Waals surface area contributed by atoms with Gasteiger partial charge in [0.1, 0.15) is 0 Å². The number of hydrogen-bond donors (Lipinski definition) is 1. The van der Waals surface area contributed by atoms with Crippen molar-refractivity contribution in [1.82, 2.24) is 4.90 Å². The molecule has 118 valence electrons. The van der Waals surface area contributed by atoms with E-state index in [1.54, 1.807) is 0 Å². The molecule has 0 radical (unpaired) electrons. The van der Waals surface area contributed by atoms with Gasteiger partial charge in [-0.25, -0.2) is 0 Å². The molecule has 0 saturated carbocycles. The molecule has 1 aliphatic heterocycles. The van der Waals surface area contributed by atoms with E-state index in [2.05, 4.69) is 55.9 Å². The second-order valence-corrected chi connectivity index (χ2v) is 6.65. The first-order chi connectivity index (χ1) is 10.0. The predicted octanol–water partition coefficient (Wildman–Crippen LogP) is 2.81. The second-order valence-electron chi connectivity index (χ2n) is 6.65. The fourth-order valence-electron chi connectivity index (χ4n) is 3.22. The highest BCUT2D eigenvalue weighted by atomic mass is 15.2. The van der Waals surface area contributed by atoms with Gasteiger partial charge in [0.25, 0.3) is 0 Å². The molecule has 2 rings (SSSR count). The summed E-state index contributed by atoms with van der Waals surface area (Å²) in [6.07, 6.45) is 4.62. The van der Waals surface area contributed by atoms with E-state index < -0.39 is 0 Å². The van der Waals surface area contributed by atoms with Crippen molar-refractivity contribution < 1.29 is 0 Å². The summed E-state index contributed by atoms with van der Waals surface area (Å²) in [6.45, 7) is 6.76. The van der Waals surface area contributed by atoms with Crippen molar-refractivity contribution in [2.45, 2.75) is 51.6 Å². The Labute approximate surface area is 130 Å². The van der Waals surface area contributed by atoms with E-state index in [9.17, 15) is 0 Å². The van der Waals surface area contributed by atoms with Crippen molar-refractivity contribution in [1.29, 1.82) is 0 Å². The highest BCUT2D eigenvalue weighted by molar-refractivity contribution is 5.51. The molecule has 0 amide bonds. The third-order valence-electron chi connectivity index (χ3n) is 4.89. The van der Waals surface area contributed by atoms with Crippen LogP contribution in [0.1, 0.15) is 37.3 Å². The number of nitrogens with two attached hydrogens (primary N) is 1. The summed E-state index contributed by atoms with van der Waals surface area (Å²) in [5.74, 6) is 0. The summed E-state index contributed by atoms with van der Waals surface area (Å²) < 4.78 is 0. The SMILES string of the molecule is CCC(N)Cc1ccc(N(C)C2CCCN(C)C2)cc1C. The smallest absolute Gasteiger partial charge is 0.0414 e. The van der Waals surface area contributed by atoms with E-state index in [1.165, 1.54) is 36.2 Å². The number of anilines is 1. The first-order valence-corrected chi connectivity index (χ1v) is 8.27. The standard InChI is InChI=1S/C18H31N3/c1-5-16(19)12-15-8-9-17(11-14(15)2)21(4)18-7-6-10-20(3)13-18/h8-9,11,16,18H,5-7,10,12-13,19H2,1-4H3. The highest BCUT2D eigenvalue weighted by Gasteiger charge is 2.21. The maximum Gasteiger partial charge on any atom is 0.0414 e. The Kier molecular flexibility index (Phi) is 5.65. The normalized spacial score (nSPS) is 21.3. The van der Waals surface area contributed by atoms with Gasteiger partial charge in [-0.3, -0.25) is 0 Å². The molecular formula is C18H31N3. The number of piperidine rings is 1. The lowest BCUT2D eigenvalue weighted by atomic mass is 9.98. The van der Waals surface area contributed by atoms with Crippen LogP contribution in [0, 0.1) is 6.92 Å². The van der Waals surface area contributed by atoms with Gasteiger partial charge in [-0.05, 0) is 69.5 Å². The molecule has 3 nitrogen and oxygen atoms in total. The van der Waals surface area contributed by atoms with E-state index in [4.69, 9.17) is 5.73 Å². The Morgan fingerprint density at radius 1 is 1.43 bits per heavy atom. The topological polar surface area (TPSA) is 32.5 Å². The van der Waals surface area contributed by atoms with Crippen molar-refractivity contribution in [3.05, 3.63) is 29.3 Å². The van der Waals surface area contributed by atoms with Crippen molar-refractivity contribution in [2.24, 2.45) is 5.73 Å². The largest absolute Gasteiger partial charge is 0.370 e. The molecule has 2 unspecified atom stereocenters. The number of likely N-dealkylation sites (N-methyl/N-ethyl adjacent to an activating group) is 2. The maximum absolute atomic E-state index is 6.09. The number of aryl methyl sites for hydroxylation is 1. The van der Waals surface area contributed by atoms with Gasteiger partial charge in [-0.1, -0.05) is 13.0 Å². The molecule has 0 bridgehead atoms. The van der Waals surface area contributed by atoms with Crippen LogP contribution in [-0.4, -0.2) is 44.2 Å². The minimum atomic E-state index is 0.277. The third kappa shape index (κ3) is 4.21. The van der Waals surface area contributed by atoms with Gasteiger partial charge in [-0.15, -0.1) is 0 Å². The van der Waals surface area contributed by atoms with Crippen LogP contribution in [0.3, 0.4) is 0 Å². The predicted molar refractivity (Wildman–Crippen MR) is 92.1 cm³/mol. The molecule has 2 N–H and O–H groups in total. The number of benzene rings is 1. The Bertz CT molecular complexity index is 458. The van der Waals surface area contributed by atoms with Crippen LogP contribution in [0.2, 0.25) is 0 Å². The Morgan fingerprint density at radius 2 is 2.19 bits per heavy atom. The summed E-state index contributed by atoms with van der Waals surface area (Å²) in [4.78, 5) is 4.89. The van der Waals surface area contributed by atoms with Crippen LogP contribution < -0.4 is 10.6 Å². The molecular weight excluding hydrogens is 258 g/mol. The average Bonchev–Trinajstić information content (AvgIpc) is 2.48. The number of rotatable bonds is 5. The Morgan fingerprint density at radius 3 is 2.81 bits per heavy atom. The maximum atomic E-state index is 6.09. The molecule has 1 aromatic carbocycles. The monoisotopic (exact) mass is 289 g/mol. The lowest BCUT2D eigenvalue weighted by Crippen LogP contribution is -2.45. The van der Waals surface area contributed by atoms with Gasteiger partial charge < -0.3 is 15.5 Å². The first-order valence-electron chi connectivity index (χ1n) is 8.27. The fraction of sp³-hybridized carbons (Fsp3) is 0.667. The highest BCUT2D eigenvalue weighted by Crippen LogP contribution is 2.24. The molecule has 21 heavy (non-hydrogen) atoms. The van der Waals surface area contributed by atoms with E-state index in [0.29, 0.717) is 6.04 Å². The fourth-order valence-corrected chi connectivity index (χ4v) is 3.22. The molecule has 3 heteroatoms. The zero-order valence-electron chi connectivity index (χ0n) is 14.1. The minimum absolute atomic E-state index is 0.277. The molecule has 0 spiro atoms. The lowest BCUT2D eigenvalue weighted by Gasteiger charge is -2.37. The molecule has 1 aromatic rings.